The number of carbonyl (C=O) groups excluding carboxylic acids is 1. The second kappa shape index (κ2) is 2.78. The normalized spacial score (nSPS) is 19.0. The van der Waals surface area contributed by atoms with E-state index in [0.29, 0.717) is 5.82 Å². The number of nitrogens with zero attached hydrogens (tertiary/aromatic N) is 2. The molecule has 0 atom stereocenters. The quantitative estimate of drug-likeness (QED) is 0.687. The van der Waals surface area contributed by atoms with Gasteiger partial charge in [-0.15, -0.1) is 0 Å². The molecule has 0 spiro atoms. The first-order valence-corrected chi connectivity index (χ1v) is 5.25. The fourth-order valence-electron chi connectivity index (χ4n) is 1.33. The van der Waals surface area contributed by atoms with Gasteiger partial charge in [0.15, 0.2) is 3.23 Å². The Morgan fingerprint density at radius 1 is 1.54 bits per heavy atom. The molecule has 1 amide bonds. The van der Waals surface area contributed by atoms with Gasteiger partial charge in [0.1, 0.15) is 5.82 Å². The Balaban J connectivity index is 2.68. The lowest BCUT2D eigenvalue weighted by atomic mass is 10.2. The lowest BCUT2D eigenvalue weighted by Crippen LogP contribution is -2.29. The largest absolute Gasteiger partial charge is 0.297 e. The van der Waals surface area contributed by atoms with Crippen molar-refractivity contribution in [3.63, 3.8) is 0 Å². The molecule has 0 N–H and O–H groups in total. The van der Waals surface area contributed by atoms with Crippen LogP contribution in [0, 0.1) is 0 Å². The molecule has 2 rings (SSSR count). The van der Waals surface area contributed by atoms with Gasteiger partial charge in [-0.1, -0.05) is 37.9 Å². The third kappa shape index (κ3) is 1.14. The summed E-state index contributed by atoms with van der Waals surface area (Å²) in [6, 6.07) is 3.68. The Morgan fingerprint density at radius 2 is 2.23 bits per heavy atom. The van der Waals surface area contributed by atoms with Crippen LogP contribution in [-0.4, -0.2) is 17.9 Å². The number of hydrogen-bond acceptors (Lipinski definition) is 2. The van der Waals surface area contributed by atoms with Crippen molar-refractivity contribution in [3.05, 3.63) is 23.9 Å². The molecule has 1 aliphatic heterocycles. The SMILES string of the molecule is CN1C(=O)C(Br)(Br)c2cccnc21. The number of alkyl halides is 2. The molecule has 0 aliphatic carbocycles. The van der Waals surface area contributed by atoms with E-state index in [-0.39, 0.29) is 5.91 Å². The van der Waals surface area contributed by atoms with Crippen LogP contribution in [0.3, 0.4) is 0 Å². The number of aromatic nitrogens is 1. The summed E-state index contributed by atoms with van der Waals surface area (Å²) in [5.41, 5.74) is 0.850. The molecule has 2 heterocycles. The molecule has 0 aromatic carbocycles. The second-order valence-electron chi connectivity index (χ2n) is 2.81. The summed E-state index contributed by atoms with van der Waals surface area (Å²) in [6.07, 6.45) is 1.67. The molecule has 0 radical (unpaired) electrons. The minimum Gasteiger partial charge on any atom is -0.297 e. The molecule has 0 bridgehead atoms. The smallest absolute Gasteiger partial charge is 0.260 e. The minimum absolute atomic E-state index is 0.0544. The molecule has 1 aromatic heterocycles. The number of amides is 1. The van der Waals surface area contributed by atoms with E-state index in [9.17, 15) is 4.79 Å². The molecule has 0 unspecified atom stereocenters. The molecule has 5 heteroatoms. The van der Waals surface area contributed by atoms with Crippen LogP contribution in [0.2, 0.25) is 0 Å². The maximum absolute atomic E-state index is 11.7. The van der Waals surface area contributed by atoms with Gasteiger partial charge in [-0.25, -0.2) is 4.98 Å². The number of anilines is 1. The standard InChI is InChI=1S/C8H6Br2N2O/c1-12-6-5(3-2-4-11-6)8(9,10)7(12)13/h2-4H,1H3. The van der Waals surface area contributed by atoms with E-state index in [1.54, 1.807) is 13.2 Å². The maximum atomic E-state index is 11.7. The van der Waals surface area contributed by atoms with E-state index >= 15 is 0 Å². The third-order valence-corrected chi connectivity index (χ3v) is 3.55. The fraction of sp³-hybridized carbons (Fsp3) is 0.250. The van der Waals surface area contributed by atoms with Crippen molar-refractivity contribution in [3.8, 4) is 0 Å². The molecule has 3 nitrogen and oxygen atoms in total. The van der Waals surface area contributed by atoms with Gasteiger partial charge in [-0.05, 0) is 6.07 Å². The predicted octanol–water partition coefficient (Wildman–Crippen LogP) is 2.00. The summed E-state index contributed by atoms with van der Waals surface area (Å²) in [4.78, 5) is 17.3. The first-order valence-electron chi connectivity index (χ1n) is 3.66. The van der Waals surface area contributed by atoms with Crippen molar-refractivity contribution >= 4 is 43.6 Å². The van der Waals surface area contributed by atoms with Crippen molar-refractivity contribution in [1.82, 2.24) is 4.98 Å². The highest BCUT2D eigenvalue weighted by atomic mass is 79.9. The Hall–Kier alpha value is -0.420. The average molecular weight is 306 g/mol. The van der Waals surface area contributed by atoms with Crippen molar-refractivity contribution in [2.24, 2.45) is 0 Å². The summed E-state index contributed by atoms with van der Waals surface area (Å²) in [5, 5.41) is 0. The van der Waals surface area contributed by atoms with Gasteiger partial charge in [0.2, 0.25) is 0 Å². The molecule has 13 heavy (non-hydrogen) atoms. The molecule has 1 aliphatic rings. The summed E-state index contributed by atoms with van der Waals surface area (Å²) in [5.74, 6) is 0.641. The average Bonchev–Trinajstić information content (AvgIpc) is 2.30. The highest BCUT2D eigenvalue weighted by Gasteiger charge is 2.46. The van der Waals surface area contributed by atoms with E-state index in [0.717, 1.165) is 5.56 Å². The molecular formula is C8H6Br2N2O. The first kappa shape index (κ1) is 9.15. The summed E-state index contributed by atoms with van der Waals surface area (Å²) in [7, 11) is 1.71. The number of fused-ring (bicyclic) bond motifs is 1. The van der Waals surface area contributed by atoms with Crippen molar-refractivity contribution in [2.45, 2.75) is 3.23 Å². The van der Waals surface area contributed by atoms with Crippen LogP contribution in [-0.2, 0) is 8.03 Å². The van der Waals surface area contributed by atoms with Crippen LogP contribution in [0.5, 0.6) is 0 Å². The van der Waals surface area contributed by atoms with Gasteiger partial charge in [-0.2, -0.15) is 0 Å². The van der Waals surface area contributed by atoms with E-state index in [4.69, 9.17) is 0 Å². The van der Waals surface area contributed by atoms with Gasteiger partial charge in [0.05, 0.1) is 0 Å². The molecule has 1 aromatic rings. The lowest BCUT2D eigenvalue weighted by molar-refractivity contribution is -0.117. The van der Waals surface area contributed by atoms with E-state index in [1.165, 1.54) is 4.90 Å². The summed E-state index contributed by atoms with van der Waals surface area (Å²) < 4.78 is -0.793. The highest BCUT2D eigenvalue weighted by Crippen LogP contribution is 2.48. The van der Waals surface area contributed by atoms with Crippen LogP contribution in [0.1, 0.15) is 5.56 Å². The zero-order chi connectivity index (χ0) is 9.64. The zero-order valence-electron chi connectivity index (χ0n) is 6.79. The van der Waals surface area contributed by atoms with Gasteiger partial charge in [0, 0.05) is 18.8 Å². The lowest BCUT2D eigenvalue weighted by Gasteiger charge is -2.11. The highest BCUT2D eigenvalue weighted by molar-refractivity contribution is 9.25. The second-order valence-corrected chi connectivity index (χ2v) is 6.26. The number of pyridine rings is 1. The number of rotatable bonds is 0. The van der Waals surface area contributed by atoms with E-state index in [2.05, 4.69) is 36.8 Å². The zero-order valence-corrected chi connectivity index (χ0v) is 9.96. The minimum atomic E-state index is -0.793. The Labute approximate surface area is 92.4 Å². The van der Waals surface area contributed by atoms with Gasteiger partial charge in [0.25, 0.3) is 5.91 Å². The molecular weight excluding hydrogens is 300 g/mol. The number of hydrogen-bond donors (Lipinski definition) is 0. The topological polar surface area (TPSA) is 33.2 Å². The van der Waals surface area contributed by atoms with Crippen molar-refractivity contribution in [1.29, 1.82) is 0 Å². The number of halogens is 2. The van der Waals surface area contributed by atoms with Gasteiger partial charge in [-0.3, -0.25) is 9.69 Å². The summed E-state index contributed by atoms with van der Waals surface area (Å²) >= 11 is 6.66. The molecule has 68 valence electrons. The van der Waals surface area contributed by atoms with Gasteiger partial charge >= 0.3 is 0 Å². The fourth-order valence-corrected chi connectivity index (χ4v) is 2.48. The van der Waals surface area contributed by atoms with Crippen LogP contribution in [0.15, 0.2) is 18.3 Å². The Kier molecular flexibility index (Phi) is 1.96. The molecule has 0 saturated heterocycles. The van der Waals surface area contributed by atoms with E-state index < -0.39 is 3.23 Å². The monoisotopic (exact) mass is 304 g/mol. The van der Waals surface area contributed by atoms with Crippen molar-refractivity contribution in [2.75, 3.05) is 11.9 Å². The Bertz CT molecular complexity index is 378. The number of likely N-dealkylation sites (N-methyl/N-ethyl adjacent to an activating group) is 1. The molecule has 0 saturated carbocycles. The van der Waals surface area contributed by atoms with Crippen LogP contribution in [0.25, 0.3) is 0 Å². The maximum Gasteiger partial charge on any atom is 0.260 e. The predicted molar refractivity (Wildman–Crippen MR) is 57.2 cm³/mol. The number of carbonyl (C=O) groups is 1. The van der Waals surface area contributed by atoms with Crippen LogP contribution < -0.4 is 4.90 Å². The van der Waals surface area contributed by atoms with Crippen LogP contribution in [0.4, 0.5) is 5.82 Å². The van der Waals surface area contributed by atoms with Crippen LogP contribution >= 0.6 is 31.9 Å². The summed E-state index contributed by atoms with van der Waals surface area (Å²) in [6.45, 7) is 0. The van der Waals surface area contributed by atoms with E-state index in [1.807, 2.05) is 12.1 Å². The first-order chi connectivity index (χ1) is 6.05. The molecule has 0 fully saturated rings. The Morgan fingerprint density at radius 3 is 2.85 bits per heavy atom. The van der Waals surface area contributed by atoms with Gasteiger partial charge < -0.3 is 0 Å². The van der Waals surface area contributed by atoms with Crippen molar-refractivity contribution < 1.29 is 4.79 Å². The third-order valence-electron chi connectivity index (χ3n) is 2.02.